The summed E-state index contributed by atoms with van der Waals surface area (Å²) in [5.41, 5.74) is 4.95. The first kappa shape index (κ1) is 17.7. The highest BCUT2D eigenvalue weighted by atomic mass is 16.1. The van der Waals surface area contributed by atoms with Crippen molar-refractivity contribution in [2.45, 2.75) is 19.9 Å². The average Bonchev–Trinajstić information content (AvgIpc) is 2.67. The molecule has 1 amide bonds. The lowest BCUT2D eigenvalue weighted by Gasteiger charge is -2.09. The number of amides is 1. The minimum atomic E-state index is -0.153. The van der Waals surface area contributed by atoms with E-state index in [0.717, 1.165) is 12.1 Å². The molecule has 4 heteroatoms. The van der Waals surface area contributed by atoms with E-state index in [1.54, 1.807) is 12.3 Å². The van der Waals surface area contributed by atoms with E-state index in [-0.39, 0.29) is 5.91 Å². The van der Waals surface area contributed by atoms with Crippen molar-refractivity contribution in [1.82, 2.24) is 10.3 Å². The summed E-state index contributed by atoms with van der Waals surface area (Å²) in [4.78, 5) is 16.5. The standard InChI is InChI=1S/C22H23N3O/c1-17-6-5-9-19(14-17)16-25-20-11-13-23-21(15-20)22(26)24-12-10-18-7-3-2-4-8-18/h2-9,11,13-15H,10,12,16H2,1H3,(H,23,25)(H,24,26). The molecule has 0 aliphatic rings. The molecule has 0 saturated heterocycles. The Balaban J connectivity index is 1.53. The van der Waals surface area contributed by atoms with E-state index < -0.39 is 0 Å². The largest absolute Gasteiger partial charge is 0.381 e. The molecule has 0 aliphatic carbocycles. The highest BCUT2D eigenvalue weighted by molar-refractivity contribution is 5.93. The highest BCUT2D eigenvalue weighted by Crippen LogP contribution is 2.11. The third kappa shape index (κ3) is 5.18. The summed E-state index contributed by atoms with van der Waals surface area (Å²) in [7, 11) is 0. The zero-order chi connectivity index (χ0) is 18.2. The first-order valence-corrected chi connectivity index (χ1v) is 8.78. The van der Waals surface area contributed by atoms with Crippen LogP contribution in [0.25, 0.3) is 0 Å². The second-order valence-corrected chi connectivity index (χ2v) is 6.26. The maximum atomic E-state index is 12.3. The van der Waals surface area contributed by atoms with Crippen LogP contribution in [0, 0.1) is 6.92 Å². The first-order valence-electron chi connectivity index (χ1n) is 8.78. The van der Waals surface area contributed by atoms with Gasteiger partial charge in [-0.25, -0.2) is 0 Å². The molecule has 2 N–H and O–H groups in total. The zero-order valence-corrected chi connectivity index (χ0v) is 14.9. The Morgan fingerprint density at radius 2 is 1.77 bits per heavy atom. The van der Waals surface area contributed by atoms with Gasteiger partial charge in [0.15, 0.2) is 0 Å². The minimum absolute atomic E-state index is 0.153. The Morgan fingerprint density at radius 1 is 0.962 bits per heavy atom. The van der Waals surface area contributed by atoms with Gasteiger partial charge < -0.3 is 10.6 Å². The van der Waals surface area contributed by atoms with Crippen LogP contribution >= 0.6 is 0 Å². The molecule has 0 spiro atoms. The van der Waals surface area contributed by atoms with Gasteiger partial charge >= 0.3 is 0 Å². The molecule has 132 valence electrons. The number of nitrogens with zero attached hydrogens (tertiary/aromatic N) is 1. The average molecular weight is 345 g/mol. The first-order chi connectivity index (χ1) is 12.7. The van der Waals surface area contributed by atoms with Crippen LogP contribution in [0.3, 0.4) is 0 Å². The number of anilines is 1. The molecule has 0 unspecified atom stereocenters. The van der Waals surface area contributed by atoms with E-state index in [4.69, 9.17) is 0 Å². The van der Waals surface area contributed by atoms with E-state index in [0.29, 0.717) is 18.8 Å². The number of pyridine rings is 1. The molecule has 0 atom stereocenters. The van der Waals surface area contributed by atoms with E-state index in [9.17, 15) is 4.79 Å². The Morgan fingerprint density at radius 3 is 2.58 bits per heavy atom. The van der Waals surface area contributed by atoms with Crippen LogP contribution in [0.1, 0.15) is 27.2 Å². The van der Waals surface area contributed by atoms with E-state index in [1.807, 2.05) is 30.3 Å². The van der Waals surface area contributed by atoms with Gasteiger partial charge in [-0.05, 0) is 36.6 Å². The van der Waals surface area contributed by atoms with Crippen molar-refractivity contribution in [3.8, 4) is 0 Å². The molecule has 3 rings (SSSR count). The van der Waals surface area contributed by atoms with Gasteiger partial charge in [-0.2, -0.15) is 0 Å². The smallest absolute Gasteiger partial charge is 0.269 e. The van der Waals surface area contributed by atoms with Crippen molar-refractivity contribution in [2.75, 3.05) is 11.9 Å². The Hall–Kier alpha value is -3.14. The zero-order valence-electron chi connectivity index (χ0n) is 14.9. The minimum Gasteiger partial charge on any atom is -0.381 e. The third-order valence-electron chi connectivity index (χ3n) is 4.11. The van der Waals surface area contributed by atoms with Crippen molar-refractivity contribution >= 4 is 11.6 Å². The highest BCUT2D eigenvalue weighted by Gasteiger charge is 2.07. The fourth-order valence-electron chi connectivity index (χ4n) is 2.75. The molecule has 1 heterocycles. The Bertz CT molecular complexity index is 862. The van der Waals surface area contributed by atoms with Crippen LogP contribution in [-0.2, 0) is 13.0 Å². The predicted octanol–water partition coefficient (Wildman–Crippen LogP) is 3.97. The number of carbonyl (C=O) groups excluding carboxylic acids is 1. The normalized spacial score (nSPS) is 10.3. The Kier molecular flexibility index (Phi) is 5.99. The number of hydrogen-bond acceptors (Lipinski definition) is 3. The van der Waals surface area contributed by atoms with Crippen LogP contribution < -0.4 is 10.6 Å². The van der Waals surface area contributed by atoms with Gasteiger partial charge in [0.1, 0.15) is 5.69 Å². The van der Waals surface area contributed by atoms with Crippen LogP contribution in [0.15, 0.2) is 72.9 Å². The van der Waals surface area contributed by atoms with Gasteiger partial charge in [-0.1, -0.05) is 60.2 Å². The van der Waals surface area contributed by atoms with Crippen molar-refractivity contribution in [2.24, 2.45) is 0 Å². The maximum Gasteiger partial charge on any atom is 0.269 e. The summed E-state index contributed by atoms with van der Waals surface area (Å²) in [6.07, 6.45) is 2.46. The lowest BCUT2D eigenvalue weighted by Crippen LogP contribution is -2.26. The van der Waals surface area contributed by atoms with E-state index in [2.05, 4.69) is 52.9 Å². The van der Waals surface area contributed by atoms with Gasteiger partial charge in [-0.15, -0.1) is 0 Å². The summed E-state index contributed by atoms with van der Waals surface area (Å²) in [6, 6.07) is 22.1. The van der Waals surface area contributed by atoms with Crippen LogP contribution in [0.2, 0.25) is 0 Å². The quantitative estimate of drug-likeness (QED) is 0.681. The molecular weight excluding hydrogens is 322 g/mol. The molecule has 0 saturated carbocycles. The second kappa shape index (κ2) is 8.81. The number of aryl methyl sites for hydroxylation is 1. The van der Waals surface area contributed by atoms with E-state index >= 15 is 0 Å². The number of carbonyl (C=O) groups is 1. The van der Waals surface area contributed by atoms with Crippen LogP contribution in [0.4, 0.5) is 5.69 Å². The monoisotopic (exact) mass is 345 g/mol. The van der Waals surface area contributed by atoms with Crippen LogP contribution in [0.5, 0.6) is 0 Å². The summed E-state index contributed by atoms with van der Waals surface area (Å²) in [5.74, 6) is -0.153. The molecule has 0 radical (unpaired) electrons. The fraction of sp³-hybridized carbons (Fsp3) is 0.182. The van der Waals surface area contributed by atoms with Gasteiger partial charge in [0.05, 0.1) is 0 Å². The van der Waals surface area contributed by atoms with Gasteiger partial charge in [-0.3, -0.25) is 9.78 Å². The number of nitrogens with one attached hydrogen (secondary N) is 2. The second-order valence-electron chi connectivity index (χ2n) is 6.26. The summed E-state index contributed by atoms with van der Waals surface area (Å²) in [5, 5.41) is 6.27. The fourth-order valence-corrected chi connectivity index (χ4v) is 2.75. The third-order valence-corrected chi connectivity index (χ3v) is 4.11. The lowest BCUT2D eigenvalue weighted by atomic mass is 10.1. The summed E-state index contributed by atoms with van der Waals surface area (Å²) >= 11 is 0. The van der Waals surface area contributed by atoms with Gasteiger partial charge in [0.25, 0.3) is 5.91 Å². The van der Waals surface area contributed by atoms with Gasteiger partial charge in [0, 0.05) is 25.0 Å². The molecule has 1 aromatic heterocycles. The summed E-state index contributed by atoms with van der Waals surface area (Å²) < 4.78 is 0. The maximum absolute atomic E-state index is 12.3. The molecule has 26 heavy (non-hydrogen) atoms. The summed E-state index contributed by atoms with van der Waals surface area (Å²) in [6.45, 7) is 3.38. The predicted molar refractivity (Wildman–Crippen MR) is 105 cm³/mol. The van der Waals surface area contributed by atoms with Crippen molar-refractivity contribution in [3.05, 3.63) is 95.3 Å². The molecule has 3 aromatic rings. The van der Waals surface area contributed by atoms with Crippen molar-refractivity contribution in [1.29, 1.82) is 0 Å². The lowest BCUT2D eigenvalue weighted by molar-refractivity contribution is 0.0949. The SMILES string of the molecule is Cc1cccc(CNc2ccnc(C(=O)NCCc3ccccc3)c2)c1. The number of rotatable bonds is 7. The van der Waals surface area contributed by atoms with Gasteiger partial charge in [0.2, 0.25) is 0 Å². The van der Waals surface area contributed by atoms with E-state index in [1.165, 1.54) is 16.7 Å². The molecular formula is C22H23N3O. The van der Waals surface area contributed by atoms with Crippen molar-refractivity contribution < 1.29 is 4.79 Å². The number of aromatic nitrogens is 1. The Labute approximate surface area is 154 Å². The molecule has 2 aromatic carbocycles. The van der Waals surface area contributed by atoms with Crippen LogP contribution in [-0.4, -0.2) is 17.4 Å². The number of benzene rings is 2. The molecule has 0 aliphatic heterocycles. The molecule has 4 nitrogen and oxygen atoms in total. The topological polar surface area (TPSA) is 54.0 Å². The molecule has 0 fully saturated rings. The van der Waals surface area contributed by atoms with Crippen molar-refractivity contribution in [3.63, 3.8) is 0 Å². The molecule has 0 bridgehead atoms. The number of hydrogen-bond donors (Lipinski definition) is 2.